The second-order valence-corrected chi connectivity index (χ2v) is 9.35. The van der Waals surface area contributed by atoms with Crippen molar-refractivity contribution in [3.8, 4) is 11.1 Å². The summed E-state index contributed by atoms with van der Waals surface area (Å²) in [6, 6.07) is 9.96. The molecule has 1 saturated carbocycles. The quantitative estimate of drug-likeness (QED) is 0.452. The van der Waals surface area contributed by atoms with Gasteiger partial charge in [-0.15, -0.1) is 0 Å². The Labute approximate surface area is 192 Å². The highest BCUT2D eigenvalue weighted by atomic mass is 19.1. The average Bonchev–Trinajstić information content (AvgIpc) is 2.74. The van der Waals surface area contributed by atoms with Gasteiger partial charge >= 0.3 is 0 Å². The van der Waals surface area contributed by atoms with Crippen molar-refractivity contribution >= 4 is 17.7 Å². The molecular formula is C28H37FN2O. The van der Waals surface area contributed by atoms with Gasteiger partial charge in [-0.2, -0.15) is 0 Å². The molecule has 172 valence electrons. The highest BCUT2D eigenvalue weighted by Gasteiger charge is 2.18. The molecule has 0 aromatic heterocycles. The van der Waals surface area contributed by atoms with Crippen LogP contribution in [0.1, 0.15) is 76.0 Å². The summed E-state index contributed by atoms with van der Waals surface area (Å²) in [5.74, 6) is -0.192. The third kappa shape index (κ3) is 5.99. The predicted octanol–water partition coefficient (Wildman–Crippen LogP) is 7.17. The van der Waals surface area contributed by atoms with E-state index in [2.05, 4.69) is 16.7 Å². The number of hydrogen-bond acceptors (Lipinski definition) is 2. The van der Waals surface area contributed by atoms with Crippen LogP contribution in [0.5, 0.6) is 0 Å². The molecule has 1 amide bonds. The summed E-state index contributed by atoms with van der Waals surface area (Å²) in [4.78, 5) is 12.8. The summed E-state index contributed by atoms with van der Waals surface area (Å²) in [5, 5.41) is 6.47. The number of aryl methyl sites for hydroxylation is 2. The van der Waals surface area contributed by atoms with E-state index < -0.39 is 0 Å². The Morgan fingerprint density at radius 3 is 2.41 bits per heavy atom. The summed E-state index contributed by atoms with van der Waals surface area (Å²) in [6.45, 7) is 10.1. The molecule has 0 heterocycles. The first kappa shape index (κ1) is 24.0. The molecule has 0 spiro atoms. The Morgan fingerprint density at radius 1 is 1.06 bits per heavy atom. The van der Waals surface area contributed by atoms with Crippen molar-refractivity contribution in [2.24, 2.45) is 0 Å². The maximum atomic E-state index is 14.9. The van der Waals surface area contributed by atoms with Gasteiger partial charge in [0, 0.05) is 28.9 Å². The SMILES string of the molecule is CCC(=Cc1cc(C)c(-c2ccc(NC(C)C)cc2F)cc1C)C(=O)NC1CCCCC1. The molecule has 2 aromatic carbocycles. The Balaban J connectivity index is 1.85. The van der Waals surface area contributed by atoms with Crippen molar-refractivity contribution in [2.45, 2.75) is 85.2 Å². The number of halogens is 1. The zero-order valence-electron chi connectivity index (χ0n) is 20.1. The van der Waals surface area contributed by atoms with Crippen molar-refractivity contribution in [1.82, 2.24) is 5.32 Å². The van der Waals surface area contributed by atoms with Crippen LogP contribution in [-0.2, 0) is 4.79 Å². The lowest BCUT2D eigenvalue weighted by molar-refractivity contribution is -0.118. The summed E-state index contributed by atoms with van der Waals surface area (Å²) in [6.07, 6.45) is 8.49. The van der Waals surface area contributed by atoms with E-state index in [1.165, 1.54) is 19.3 Å². The number of anilines is 1. The van der Waals surface area contributed by atoms with Crippen molar-refractivity contribution in [2.75, 3.05) is 5.32 Å². The summed E-state index contributed by atoms with van der Waals surface area (Å²) < 4.78 is 14.9. The van der Waals surface area contributed by atoms with Gasteiger partial charge in [0.25, 0.3) is 0 Å². The van der Waals surface area contributed by atoms with Crippen molar-refractivity contribution < 1.29 is 9.18 Å². The van der Waals surface area contributed by atoms with Gasteiger partial charge in [0.2, 0.25) is 5.91 Å². The highest BCUT2D eigenvalue weighted by Crippen LogP contribution is 2.31. The van der Waals surface area contributed by atoms with Crippen LogP contribution >= 0.6 is 0 Å². The van der Waals surface area contributed by atoms with E-state index in [-0.39, 0.29) is 17.8 Å². The van der Waals surface area contributed by atoms with E-state index in [1.807, 2.05) is 58.9 Å². The molecule has 32 heavy (non-hydrogen) atoms. The molecule has 1 aliphatic rings. The van der Waals surface area contributed by atoms with Gasteiger partial charge in [0.1, 0.15) is 5.82 Å². The molecule has 0 bridgehead atoms. The van der Waals surface area contributed by atoms with Gasteiger partial charge < -0.3 is 10.6 Å². The molecule has 1 aliphatic carbocycles. The number of nitrogens with one attached hydrogen (secondary N) is 2. The summed E-state index contributed by atoms with van der Waals surface area (Å²) >= 11 is 0. The first-order valence-corrected chi connectivity index (χ1v) is 12.0. The number of rotatable bonds is 7. The van der Waals surface area contributed by atoms with E-state index in [9.17, 15) is 9.18 Å². The van der Waals surface area contributed by atoms with Crippen LogP contribution in [0.15, 0.2) is 35.9 Å². The lowest BCUT2D eigenvalue weighted by Gasteiger charge is -2.23. The Kier molecular flexibility index (Phi) is 8.11. The van der Waals surface area contributed by atoms with Crippen LogP contribution in [0.3, 0.4) is 0 Å². The standard InChI is InChI=1S/C28H37FN2O/c1-6-21(28(32)31-23-10-8-7-9-11-23)16-22-14-20(5)26(15-19(22)4)25-13-12-24(17-27(25)29)30-18(2)3/h12-18,23,30H,6-11H2,1-5H3,(H,31,32). The number of benzene rings is 2. The molecule has 2 aromatic rings. The number of carbonyl (C=O) groups excluding carboxylic acids is 1. The van der Waals surface area contributed by atoms with Gasteiger partial charge in [0.05, 0.1) is 0 Å². The molecule has 2 N–H and O–H groups in total. The second-order valence-electron chi connectivity index (χ2n) is 9.35. The molecule has 0 saturated heterocycles. The van der Waals surface area contributed by atoms with E-state index in [0.29, 0.717) is 18.0 Å². The van der Waals surface area contributed by atoms with E-state index in [1.54, 1.807) is 6.07 Å². The molecule has 4 heteroatoms. The van der Waals surface area contributed by atoms with Crippen LogP contribution in [0.2, 0.25) is 0 Å². The Hall–Kier alpha value is -2.62. The minimum Gasteiger partial charge on any atom is -0.383 e. The topological polar surface area (TPSA) is 41.1 Å². The van der Waals surface area contributed by atoms with Crippen LogP contribution in [0.25, 0.3) is 17.2 Å². The van der Waals surface area contributed by atoms with Crippen molar-refractivity contribution in [3.05, 3.63) is 58.4 Å². The number of hydrogen-bond donors (Lipinski definition) is 2. The fourth-order valence-electron chi connectivity index (χ4n) is 4.48. The van der Waals surface area contributed by atoms with Crippen molar-refractivity contribution in [3.63, 3.8) is 0 Å². The van der Waals surface area contributed by atoms with E-state index >= 15 is 0 Å². The van der Waals surface area contributed by atoms with Gasteiger partial charge in [0.15, 0.2) is 0 Å². The lowest BCUT2D eigenvalue weighted by Crippen LogP contribution is -2.36. The molecule has 0 unspecified atom stereocenters. The zero-order chi connectivity index (χ0) is 23.3. The fraction of sp³-hybridized carbons (Fsp3) is 0.464. The third-order valence-electron chi connectivity index (χ3n) is 6.27. The normalized spacial score (nSPS) is 15.2. The third-order valence-corrected chi connectivity index (χ3v) is 6.27. The van der Waals surface area contributed by atoms with Gasteiger partial charge in [-0.25, -0.2) is 4.39 Å². The molecule has 3 rings (SSSR count). The van der Waals surface area contributed by atoms with Gasteiger partial charge in [-0.05, 0) is 93.5 Å². The van der Waals surface area contributed by atoms with Crippen molar-refractivity contribution in [1.29, 1.82) is 0 Å². The molecule has 0 atom stereocenters. The molecule has 3 nitrogen and oxygen atoms in total. The predicted molar refractivity (Wildman–Crippen MR) is 133 cm³/mol. The fourth-order valence-corrected chi connectivity index (χ4v) is 4.48. The van der Waals surface area contributed by atoms with Gasteiger partial charge in [-0.3, -0.25) is 4.79 Å². The van der Waals surface area contributed by atoms with Crippen LogP contribution in [0.4, 0.5) is 10.1 Å². The molecular weight excluding hydrogens is 399 g/mol. The minimum atomic E-state index is -0.234. The maximum Gasteiger partial charge on any atom is 0.247 e. The maximum absolute atomic E-state index is 14.9. The smallest absolute Gasteiger partial charge is 0.247 e. The second kappa shape index (κ2) is 10.8. The summed E-state index contributed by atoms with van der Waals surface area (Å²) in [5.41, 5.74) is 6.10. The number of amides is 1. The first-order chi connectivity index (χ1) is 15.3. The average molecular weight is 437 g/mol. The largest absolute Gasteiger partial charge is 0.383 e. The Morgan fingerprint density at radius 2 is 1.78 bits per heavy atom. The molecule has 0 radical (unpaired) electrons. The summed E-state index contributed by atoms with van der Waals surface area (Å²) in [7, 11) is 0. The van der Waals surface area contributed by atoms with Crippen LogP contribution < -0.4 is 10.6 Å². The van der Waals surface area contributed by atoms with Crippen LogP contribution in [0, 0.1) is 19.7 Å². The molecule has 1 fully saturated rings. The lowest BCUT2D eigenvalue weighted by atomic mass is 9.93. The highest BCUT2D eigenvalue weighted by molar-refractivity contribution is 5.98. The van der Waals surface area contributed by atoms with Gasteiger partial charge in [-0.1, -0.05) is 38.3 Å². The van der Waals surface area contributed by atoms with E-state index in [0.717, 1.165) is 46.4 Å². The minimum absolute atomic E-state index is 0.0415. The van der Waals surface area contributed by atoms with E-state index in [4.69, 9.17) is 0 Å². The monoisotopic (exact) mass is 436 g/mol. The Bertz CT molecular complexity index is 987. The molecule has 0 aliphatic heterocycles. The first-order valence-electron chi connectivity index (χ1n) is 12.0. The number of carbonyl (C=O) groups is 1. The van der Waals surface area contributed by atoms with Crippen LogP contribution in [-0.4, -0.2) is 18.0 Å². The zero-order valence-corrected chi connectivity index (χ0v) is 20.1.